The first-order valence-corrected chi connectivity index (χ1v) is 21.8. The third kappa shape index (κ3) is 7.96. The molecule has 7 rings (SSSR count). The van der Waals surface area contributed by atoms with Gasteiger partial charge in [0.1, 0.15) is 5.75 Å². The minimum absolute atomic E-state index is 0.283. The average Bonchev–Trinajstić information content (AvgIpc) is 3.57. The summed E-state index contributed by atoms with van der Waals surface area (Å²) in [7, 11) is 0. The monoisotopic (exact) mass is 772 g/mol. The normalized spacial score (nSPS) is 32.1. The van der Waals surface area contributed by atoms with Crippen molar-refractivity contribution < 1.29 is 19.4 Å². The van der Waals surface area contributed by atoms with Gasteiger partial charge in [0, 0.05) is 16.8 Å². The lowest BCUT2D eigenvalue weighted by molar-refractivity contribution is -0.122. The van der Waals surface area contributed by atoms with E-state index in [9.17, 15) is 4.79 Å². The fraction of sp³-hybridized carbons (Fsp3) is 0.510. The lowest BCUT2D eigenvalue weighted by Gasteiger charge is -2.63. The highest BCUT2D eigenvalue weighted by atomic mass is 16.6. The fourth-order valence-electron chi connectivity index (χ4n) is 12.7. The van der Waals surface area contributed by atoms with Crippen molar-refractivity contribution in [2.45, 2.75) is 116 Å². The molecule has 0 amide bonds. The first-order valence-electron chi connectivity index (χ1n) is 21.8. The van der Waals surface area contributed by atoms with Crippen LogP contribution in [0.5, 0.6) is 5.75 Å². The molecular weight excluding hydrogens is 705 g/mol. The lowest BCUT2D eigenvalue weighted by atomic mass is 9.42. The second kappa shape index (κ2) is 16.9. The van der Waals surface area contributed by atoms with Crippen LogP contribution in [0.4, 0.5) is 11.4 Å². The fourth-order valence-corrected chi connectivity index (χ4v) is 12.7. The quantitative estimate of drug-likeness (QED) is 0.0449. The van der Waals surface area contributed by atoms with E-state index in [1.54, 1.807) is 42.7 Å². The van der Waals surface area contributed by atoms with E-state index >= 15 is 0 Å². The molecule has 3 aromatic rings. The van der Waals surface area contributed by atoms with Gasteiger partial charge in [-0.15, -0.1) is 0 Å². The van der Waals surface area contributed by atoms with Crippen LogP contribution in [-0.2, 0) is 10.2 Å². The number of hydrogen-bond acceptors (Lipinski definition) is 5. The second-order valence-electron chi connectivity index (χ2n) is 18.7. The molecule has 304 valence electrons. The SMILES string of the molecule is C=C/C=C(\C=C/OC(=O)c1ccc(N)cc1)C1(c2ccc(OC([OH2+])c3ccc(N)cc3)cc2)CCC2(C)C(CCC3C2CCC2(C)C(C(C)CCCC)CCC32)C1. The van der Waals surface area contributed by atoms with E-state index in [0.29, 0.717) is 34.0 Å². The molecular formula is C51H67N2O4+. The zero-order valence-electron chi connectivity index (χ0n) is 34.9. The van der Waals surface area contributed by atoms with Crippen molar-refractivity contribution in [1.82, 2.24) is 0 Å². The zero-order valence-corrected chi connectivity index (χ0v) is 34.9. The molecule has 0 aliphatic heterocycles. The molecule has 0 radical (unpaired) electrons. The molecule has 0 heterocycles. The maximum absolute atomic E-state index is 13.0. The van der Waals surface area contributed by atoms with E-state index in [-0.39, 0.29) is 10.8 Å². The highest BCUT2D eigenvalue weighted by Crippen LogP contribution is 2.70. The molecule has 4 aliphatic rings. The predicted octanol–water partition coefficient (Wildman–Crippen LogP) is 11.9. The molecule has 6 N–H and O–H groups in total. The molecule has 3 aromatic carbocycles. The molecule has 57 heavy (non-hydrogen) atoms. The van der Waals surface area contributed by atoms with E-state index in [0.717, 1.165) is 60.0 Å². The van der Waals surface area contributed by atoms with Crippen LogP contribution in [0.25, 0.3) is 0 Å². The van der Waals surface area contributed by atoms with Crippen molar-refractivity contribution in [2.75, 3.05) is 11.5 Å². The number of fused-ring (bicyclic) bond motifs is 5. The third-order valence-electron chi connectivity index (χ3n) is 15.8. The Hall–Kier alpha value is -4.29. The molecule has 4 fully saturated rings. The van der Waals surface area contributed by atoms with Gasteiger partial charge < -0.3 is 26.0 Å². The molecule has 10 unspecified atom stereocenters. The number of esters is 1. The second-order valence-corrected chi connectivity index (χ2v) is 18.7. The summed E-state index contributed by atoms with van der Waals surface area (Å²) < 4.78 is 11.9. The Morgan fingerprint density at radius 1 is 0.877 bits per heavy atom. The largest absolute Gasteiger partial charge is 0.431 e. The molecule has 0 saturated heterocycles. The van der Waals surface area contributed by atoms with E-state index in [2.05, 4.69) is 52.5 Å². The summed E-state index contributed by atoms with van der Waals surface area (Å²) in [4.78, 5) is 13.0. The molecule has 4 aliphatic carbocycles. The van der Waals surface area contributed by atoms with Crippen LogP contribution < -0.4 is 16.2 Å². The van der Waals surface area contributed by atoms with Gasteiger partial charge in [0.15, 0.2) is 0 Å². The molecule has 0 bridgehead atoms. The van der Waals surface area contributed by atoms with Gasteiger partial charge in [-0.1, -0.05) is 77.8 Å². The van der Waals surface area contributed by atoms with Crippen LogP contribution in [0.2, 0.25) is 0 Å². The maximum atomic E-state index is 13.0. The topological polar surface area (TPSA) is 110 Å². The van der Waals surface area contributed by atoms with Crippen molar-refractivity contribution in [3.8, 4) is 5.75 Å². The van der Waals surface area contributed by atoms with Gasteiger partial charge in [-0.3, -0.25) is 0 Å². The summed E-state index contributed by atoms with van der Waals surface area (Å²) >= 11 is 0. The number of rotatable bonds is 13. The Balaban J connectivity index is 1.16. The van der Waals surface area contributed by atoms with E-state index in [1.165, 1.54) is 63.4 Å². The van der Waals surface area contributed by atoms with Crippen molar-refractivity contribution in [3.63, 3.8) is 0 Å². The van der Waals surface area contributed by atoms with Crippen LogP contribution >= 0.6 is 0 Å². The van der Waals surface area contributed by atoms with Crippen molar-refractivity contribution >= 4 is 17.3 Å². The molecule has 4 saturated carbocycles. The van der Waals surface area contributed by atoms with E-state index < -0.39 is 12.3 Å². The summed E-state index contributed by atoms with van der Waals surface area (Å²) in [5.41, 5.74) is 17.0. The van der Waals surface area contributed by atoms with Gasteiger partial charge in [0.05, 0.1) is 17.4 Å². The Morgan fingerprint density at radius 2 is 1.56 bits per heavy atom. The first kappa shape index (κ1) is 40.9. The van der Waals surface area contributed by atoms with Gasteiger partial charge in [-0.2, -0.15) is 0 Å². The minimum Gasteiger partial charge on any atom is -0.431 e. The van der Waals surface area contributed by atoms with Gasteiger partial charge in [0.2, 0.25) is 0 Å². The van der Waals surface area contributed by atoms with Crippen molar-refractivity contribution in [3.05, 3.63) is 126 Å². The van der Waals surface area contributed by atoms with Gasteiger partial charge >= 0.3 is 12.3 Å². The smallest absolute Gasteiger partial charge is 0.342 e. The van der Waals surface area contributed by atoms with Crippen LogP contribution in [0, 0.1) is 46.3 Å². The number of ether oxygens (including phenoxy) is 2. The van der Waals surface area contributed by atoms with Crippen molar-refractivity contribution in [1.29, 1.82) is 0 Å². The van der Waals surface area contributed by atoms with Crippen LogP contribution in [0.3, 0.4) is 0 Å². The number of carbonyl (C=O) groups is 1. The summed E-state index contributed by atoms with van der Waals surface area (Å²) in [6.07, 6.45) is 22.0. The zero-order chi connectivity index (χ0) is 40.4. The van der Waals surface area contributed by atoms with Crippen LogP contribution in [0.1, 0.15) is 133 Å². The molecule has 0 aromatic heterocycles. The molecule has 10 atom stereocenters. The van der Waals surface area contributed by atoms with Crippen LogP contribution in [0.15, 0.2) is 109 Å². The van der Waals surface area contributed by atoms with E-state index in [4.69, 9.17) is 26.0 Å². The summed E-state index contributed by atoms with van der Waals surface area (Å²) in [5, 5.41) is 8.69. The lowest BCUT2D eigenvalue weighted by Crippen LogP contribution is -2.55. The summed E-state index contributed by atoms with van der Waals surface area (Å²) in [6, 6.07) is 22.5. The van der Waals surface area contributed by atoms with Gasteiger partial charge in [0.25, 0.3) is 0 Å². The van der Waals surface area contributed by atoms with Gasteiger partial charge in [-0.25, -0.2) is 4.79 Å². The Labute approximate surface area is 341 Å². The van der Waals surface area contributed by atoms with Crippen LogP contribution in [-0.4, -0.2) is 11.1 Å². The van der Waals surface area contributed by atoms with Crippen molar-refractivity contribution in [2.24, 2.45) is 46.3 Å². The maximum Gasteiger partial charge on any atom is 0.342 e. The number of allylic oxidation sites excluding steroid dienone is 4. The van der Waals surface area contributed by atoms with Gasteiger partial charge in [-0.05, 0) is 182 Å². The molecule has 6 nitrogen and oxygen atoms in total. The Kier molecular flexibility index (Phi) is 12.1. The number of unbranched alkanes of at least 4 members (excludes halogenated alkanes) is 1. The predicted molar refractivity (Wildman–Crippen MR) is 234 cm³/mol. The number of carbonyl (C=O) groups excluding carboxylic acids is 1. The average molecular weight is 772 g/mol. The highest BCUT2D eigenvalue weighted by Gasteiger charge is 2.62. The third-order valence-corrected chi connectivity index (χ3v) is 15.8. The number of hydrogen-bond donors (Lipinski definition) is 2. The summed E-state index contributed by atoms with van der Waals surface area (Å²) in [6.45, 7) is 14.4. The number of anilines is 2. The minimum atomic E-state index is -0.863. The Morgan fingerprint density at radius 3 is 2.25 bits per heavy atom. The first-order chi connectivity index (χ1) is 27.4. The highest BCUT2D eigenvalue weighted by molar-refractivity contribution is 5.90. The van der Waals surface area contributed by atoms with E-state index in [1.807, 2.05) is 36.4 Å². The molecule has 6 heteroatoms. The number of benzene rings is 3. The Bertz CT molecular complexity index is 1920. The standard InChI is InChI=1S/C51H66N2O4/c1-6-8-10-34(3)44-25-26-45-43-24-17-39-33-51(31-30-49(39,4)46(43)27-29-50(44,45)5,37(9-7-2)28-32-56-47(54)35-11-18-40(52)19-12-35)38-15-22-42(23-16-38)57-48(55)36-13-20-41(53)21-14-36/h7,9,11-16,18-23,28,32,34,39,43-46,48,55H,2,6,8,10,17,24-27,29-31,33,52-53H2,1,3-5H3/p+1/b32-28-,37-9+. The summed E-state index contributed by atoms with van der Waals surface area (Å²) in [5.74, 6) is 4.94. The number of nitrogen functional groups attached to an aromatic ring is 2. The number of nitrogens with two attached hydrogens (primary N) is 2. The molecule has 0 spiro atoms.